The van der Waals surface area contributed by atoms with E-state index in [0.29, 0.717) is 0 Å². The maximum atomic E-state index is 6.27. The lowest BCUT2D eigenvalue weighted by molar-refractivity contribution is 0.00578. The number of ether oxygens (including phenoxy) is 1. The van der Waals surface area contributed by atoms with Gasteiger partial charge >= 0.3 is 7.12 Å². The fourth-order valence-corrected chi connectivity index (χ4v) is 2.67. The van der Waals surface area contributed by atoms with Crippen molar-refractivity contribution < 1.29 is 14.0 Å². The van der Waals surface area contributed by atoms with Crippen LogP contribution in [0.4, 0.5) is 0 Å². The summed E-state index contributed by atoms with van der Waals surface area (Å²) in [7, 11) is -0.427. The Bertz CT molecular complexity index is 502. The fraction of sp³-hybridized carbons (Fsp3) is 0.600. The highest BCUT2D eigenvalue weighted by Crippen LogP contribution is 2.39. The van der Waals surface area contributed by atoms with E-state index in [-0.39, 0.29) is 23.2 Å². The molecule has 1 aromatic rings. The third-order valence-corrected chi connectivity index (χ3v) is 4.65. The highest BCUT2D eigenvalue weighted by atomic mass is 16.7. The Balaban J connectivity index is 1.83. The van der Waals surface area contributed by atoms with Crippen molar-refractivity contribution in [3.8, 4) is 5.75 Å². The van der Waals surface area contributed by atoms with Crippen molar-refractivity contribution in [2.45, 2.75) is 57.4 Å². The minimum Gasteiger partial charge on any atom is -0.491 e. The zero-order valence-corrected chi connectivity index (χ0v) is 12.6. The van der Waals surface area contributed by atoms with E-state index >= 15 is 0 Å². The van der Waals surface area contributed by atoms with E-state index in [2.05, 4.69) is 6.07 Å². The molecule has 1 aromatic carbocycles. The van der Waals surface area contributed by atoms with Crippen LogP contribution >= 0.6 is 0 Å². The van der Waals surface area contributed by atoms with Crippen LogP contribution in [0.5, 0.6) is 5.75 Å². The van der Waals surface area contributed by atoms with Gasteiger partial charge in [-0.1, -0.05) is 18.2 Å². The monoisotopic (exact) mass is 275 g/mol. The summed E-state index contributed by atoms with van der Waals surface area (Å²) < 4.78 is 18.2. The lowest BCUT2D eigenvalue weighted by Gasteiger charge is -2.32. The molecule has 1 saturated heterocycles. The predicted octanol–water partition coefficient (Wildman–Crippen LogP) is 1.95. The molecule has 2 atom stereocenters. The van der Waals surface area contributed by atoms with E-state index in [1.807, 2.05) is 45.9 Å². The van der Waals surface area contributed by atoms with Crippen molar-refractivity contribution in [3.63, 3.8) is 0 Å². The number of para-hydroxylation sites is 1. The summed E-state index contributed by atoms with van der Waals surface area (Å²) >= 11 is 0. The lowest BCUT2D eigenvalue weighted by atomic mass is 9.73. The second kappa shape index (κ2) is 4.48. The van der Waals surface area contributed by atoms with Gasteiger partial charge in [0, 0.05) is 6.04 Å². The third kappa shape index (κ3) is 2.14. The van der Waals surface area contributed by atoms with Crippen molar-refractivity contribution in [2.24, 2.45) is 5.73 Å². The summed E-state index contributed by atoms with van der Waals surface area (Å²) in [5, 5.41) is 0. The van der Waals surface area contributed by atoms with Gasteiger partial charge in [0.15, 0.2) is 0 Å². The Morgan fingerprint density at radius 2 is 1.70 bits per heavy atom. The molecule has 2 heterocycles. The summed E-state index contributed by atoms with van der Waals surface area (Å²) in [4.78, 5) is 0. The molecule has 5 heteroatoms. The highest BCUT2D eigenvalue weighted by Gasteiger charge is 2.56. The average Bonchev–Trinajstić information content (AvgIpc) is 2.57. The second-order valence-electron chi connectivity index (χ2n) is 6.68. The van der Waals surface area contributed by atoms with Gasteiger partial charge in [0.05, 0.1) is 11.2 Å². The van der Waals surface area contributed by atoms with Gasteiger partial charge in [-0.25, -0.2) is 0 Å². The molecule has 2 unspecified atom stereocenters. The molecule has 2 aliphatic rings. The number of nitrogens with two attached hydrogens (primary N) is 1. The molecule has 0 spiro atoms. The van der Waals surface area contributed by atoms with Crippen LogP contribution in [-0.2, 0) is 15.7 Å². The van der Waals surface area contributed by atoms with Gasteiger partial charge in [-0.15, -0.1) is 0 Å². The Labute approximate surface area is 120 Å². The molecular weight excluding hydrogens is 253 g/mol. The Hall–Kier alpha value is -1.04. The van der Waals surface area contributed by atoms with Crippen molar-refractivity contribution in [1.29, 1.82) is 0 Å². The van der Waals surface area contributed by atoms with E-state index in [4.69, 9.17) is 19.8 Å². The highest BCUT2D eigenvalue weighted by molar-refractivity contribution is 6.47. The number of fused-ring (bicyclic) bond motifs is 1. The van der Waals surface area contributed by atoms with Crippen LogP contribution in [0.3, 0.4) is 0 Å². The molecule has 108 valence electrons. The number of hydrogen-bond acceptors (Lipinski definition) is 4. The van der Waals surface area contributed by atoms with Crippen molar-refractivity contribution >= 4 is 7.12 Å². The second-order valence-corrected chi connectivity index (χ2v) is 6.68. The molecule has 1 fully saturated rings. The largest absolute Gasteiger partial charge is 0.503 e. The standard InChI is InChI=1S/C15H22BNO3/c1-14(2)15(3,4)20-16(19-14)13-11(17)9-10-7-5-6-8-12(10)18-13/h5-8,11,13H,9,17H2,1-4H3. The number of benzene rings is 1. The van der Waals surface area contributed by atoms with Crippen molar-refractivity contribution in [1.82, 2.24) is 0 Å². The minimum absolute atomic E-state index is 0.125. The zero-order chi connectivity index (χ0) is 14.5. The lowest BCUT2D eigenvalue weighted by Crippen LogP contribution is -2.54. The van der Waals surface area contributed by atoms with Gasteiger partial charge in [-0.3, -0.25) is 0 Å². The van der Waals surface area contributed by atoms with Gasteiger partial charge in [0.1, 0.15) is 11.8 Å². The summed E-state index contributed by atoms with van der Waals surface area (Å²) in [5.41, 5.74) is 6.69. The molecule has 0 aliphatic carbocycles. The summed E-state index contributed by atoms with van der Waals surface area (Å²) in [5.74, 6) is 0.883. The van der Waals surface area contributed by atoms with Gasteiger partial charge in [0.2, 0.25) is 0 Å². The molecule has 3 rings (SSSR count). The molecule has 2 aliphatic heterocycles. The van der Waals surface area contributed by atoms with Gasteiger partial charge in [0.25, 0.3) is 0 Å². The number of hydrogen-bond donors (Lipinski definition) is 1. The smallest absolute Gasteiger partial charge is 0.491 e. The van der Waals surface area contributed by atoms with Crippen LogP contribution in [0.15, 0.2) is 24.3 Å². The topological polar surface area (TPSA) is 53.7 Å². The molecule has 0 bridgehead atoms. The fourth-order valence-electron chi connectivity index (χ4n) is 2.67. The van der Waals surface area contributed by atoms with Crippen LogP contribution in [0.2, 0.25) is 0 Å². The molecule has 20 heavy (non-hydrogen) atoms. The van der Waals surface area contributed by atoms with Gasteiger partial charge in [-0.2, -0.15) is 0 Å². The van der Waals surface area contributed by atoms with E-state index in [1.54, 1.807) is 0 Å². The van der Waals surface area contributed by atoms with E-state index in [1.165, 1.54) is 0 Å². The molecule has 2 N–H and O–H groups in total. The quantitative estimate of drug-likeness (QED) is 0.796. The normalized spacial score (nSPS) is 30.8. The molecule has 4 nitrogen and oxygen atoms in total. The molecule has 0 saturated carbocycles. The minimum atomic E-state index is -0.427. The summed E-state index contributed by atoms with van der Waals surface area (Å²) in [6.07, 6.45) is 0.783. The maximum absolute atomic E-state index is 6.27. The first-order valence-corrected chi connectivity index (χ1v) is 7.16. The van der Waals surface area contributed by atoms with E-state index in [9.17, 15) is 0 Å². The first-order chi connectivity index (χ1) is 9.30. The van der Waals surface area contributed by atoms with Crippen LogP contribution < -0.4 is 10.5 Å². The summed E-state index contributed by atoms with van der Waals surface area (Å²) in [6.45, 7) is 8.15. The molecule has 0 amide bonds. The molecular formula is C15H22BNO3. The van der Waals surface area contributed by atoms with Crippen molar-refractivity contribution in [3.05, 3.63) is 29.8 Å². The first-order valence-electron chi connectivity index (χ1n) is 7.16. The molecule has 0 aromatic heterocycles. The van der Waals surface area contributed by atoms with E-state index in [0.717, 1.165) is 17.7 Å². The Morgan fingerprint density at radius 1 is 1.10 bits per heavy atom. The Kier molecular flexibility index (Phi) is 3.12. The van der Waals surface area contributed by atoms with E-state index < -0.39 is 7.12 Å². The zero-order valence-electron chi connectivity index (χ0n) is 12.6. The van der Waals surface area contributed by atoms with Gasteiger partial charge < -0.3 is 19.8 Å². The first kappa shape index (κ1) is 13.9. The van der Waals surface area contributed by atoms with Crippen LogP contribution in [-0.4, -0.2) is 30.4 Å². The SMILES string of the molecule is CC1(C)OB(C2Oc3ccccc3CC2N)OC1(C)C. The van der Waals surface area contributed by atoms with Crippen LogP contribution in [0.1, 0.15) is 33.3 Å². The van der Waals surface area contributed by atoms with Crippen LogP contribution in [0, 0.1) is 0 Å². The Morgan fingerprint density at radius 3 is 2.35 bits per heavy atom. The maximum Gasteiger partial charge on any atom is 0.503 e. The van der Waals surface area contributed by atoms with Gasteiger partial charge in [-0.05, 0) is 45.7 Å². The predicted molar refractivity (Wildman–Crippen MR) is 78.6 cm³/mol. The number of rotatable bonds is 1. The van der Waals surface area contributed by atoms with Crippen molar-refractivity contribution in [2.75, 3.05) is 0 Å². The summed E-state index contributed by atoms with van der Waals surface area (Å²) in [6, 6.07) is 7.60. The van der Waals surface area contributed by atoms with Crippen LogP contribution in [0.25, 0.3) is 0 Å². The third-order valence-electron chi connectivity index (χ3n) is 4.65. The average molecular weight is 275 g/mol. The molecule has 0 radical (unpaired) electrons.